The Morgan fingerprint density at radius 3 is 2.18 bits per heavy atom. The number of nitrogens with two attached hydrogens (primary N) is 1. The lowest BCUT2D eigenvalue weighted by Gasteiger charge is -2.24. The normalized spacial score (nSPS) is 12.7. The maximum Gasteiger partial charge on any atom is 0.417 e. The Morgan fingerprint density at radius 1 is 1.29 bits per heavy atom. The van der Waals surface area contributed by atoms with Crippen LogP contribution < -0.4 is 5.73 Å². The molecule has 0 aromatic heterocycles. The number of hydrogen-bond donors (Lipinski definition) is 1. The van der Waals surface area contributed by atoms with Gasteiger partial charge in [0, 0.05) is 0 Å². The van der Waals surface area contributed by atoms with Crippen LogP contribution in [0.1, 0.15) is 13.3 Å². The van der Waals surface area contributed by atoms with Gasteiger partial charge in [0.05, 0.1) is 13.0 Å². The van der Waals surface area contributed by atoms with E-state index in [0.29, 0.717) is 0 Å². The molecular formula is C9H16ClNO5Si. The van der Waals surface area contributed by atoms with Crippen molar-refractivity contribution < 1.29 is 23.9 Å². The summed E-state index contributed by atoms with van der Waals surface area (Å²) in [5.74, 6) is -2.90. The van der Waals surface area contributed by atoms with Gasteiger partial charge in [0.1, 0.15) is 5.73 Å². The maximum atomic E-state index is 11.3. The summed E-state index contributed by atoms with van der Waals surface area (Å²) in [6.45, 7) is 4.99. The molecule has 0 aromatic rings. The fourth-order valence-corrected chi connectivity index (χ4v) is 2.41. The molecule has 8 heteroatoms. The van der Waals surface area contributed by atoms with Crippen LogP contribution in [0.2, 0.25) is 13.1 Å². The molecule has 1 amide bonds. The van der Waals surface area contributed by atoms with Crippen molar-refractivity contribution >= 4 is 36.3 Å². The van der Waals surface area contributed by atoms with Crippen molar-refractivity contribution in [1.29, 1.82) is 0 Å². The van der Waals surface area contributed by atoms with Crippen LogP contribution in [-0.2, 0) is 23.9 Å². The van der Waals surface area contributed by atoms with Crippen molar-refractivity contribution in [2.24, 2.45) is 5.73 Å². The van der Waals surface area contributed by atoms with Gasteiger partial charge >= 0.3 is 11.9 Å². The van der Waals surface area contributed by atoms with Crippen LogP contribution >= 0.6 is 11.1 Å². The Hall–Kier alpha value is -1.08. The number of halogens is 1. The average Bonchev–Trinajstić information content (AvgIpc) is 2.14. The standard InChI is InChI=1S/C9H16ClNO5Si/c1-4-15-8(13)9(14)16-7(5-6(11)12)17(2,3)10/h7H,4-5H2,1-3H3,(H2,11,12). The van der Waals surface area contributed by atoms with Gasteiger partial charge in [0.25, 0.3) is 0 Å². The van der Waals surface area contributed by atoms with E-state index < -0.39 is 31.0 Å². The van der Waals surface area contributed by atoms with Gasteiger partial charge < -0.3 is 15.2 Å². The highest BCUT2D eigenvalue weighted by Crippen LogP contribution is 2.19. The minimum absolute atomic E-state index is 0.0656. The van der Waals surface area contributed by atoms with Crippen LogP contribution in [0.4, 0.5) is 0 Å². The van der Waals surface area contributed by atoms with E-state index >= 15 is 0 Å². The Balaban J connectivity index is 4.59. The SMILES string of the molecule is CCOC(=O)C(=O)OC(CC(N)=O)[Si](C)(C)Cl. The first kappa shape index (κ1) is 15.9. The largest absolute Gasteiger partial charge is 0.458 e. The summed E-state index contributed by atoms with van der Waals surface area (Å²) in [4.78, 5) is 33.1. The zero-order valence-electron chi connectivity index (χ0n) is 9.99. The molecule has 0 bridgehead atoms. The molecule has 0 aromatic carbocycles. The lowest BCUT2D eigenvalue weighted by atomic mass is 10.4. The molecule has 0 rings (SSSR count). The molecule has 0 heterocycles. The molecule has 1 atom stereocenters. The van der Waals surface area contributed by atoms with Crippen molar-refractivity contribution in [3.05, 3.63) is 0 Å². The predicted molar refractivity (Wildman–Crippen MR) is 63.7 cm³/mol. The van der Waals surface area contributed by atoms with Gasteiger partial charge in [-0.15, -0.1) is 0 Å². The molecule has 0 spiro atoms. The first-order chi connectivity index (χ1) is 7.68. The Bertz CT molecular complexity index is 315. The molecule has 0 saturated carbocycles. The Kier molecular flexibility index (Phi) is 6.18. The first-order valence-electron chi connectivity index (χ1n) is 5.03. The molecular weight excluding hydrogens is 266 g/mol. The number of amides is 1. The molecule has 0 aliphatic carbocycles. The van der Waals surface area contributed by atoms with E-state index in [0.717, 1.165) is 0 Å². The minimum Gasteiger partial charge on any atom is -0.458 e. The number of hydrogen-bond acceptors (Lipinski definition) is 5. The van der Waals surface area contributed by atoms with Crippen LogP contribution in [0.25, 0.3) is 0 Å². The third-order valence-corrected chi connectivity index (χ3v) is 4.43. The van der Waals surface area contributed by atoms with Gasteiger partial charge in [-0.1, -0.05) is 13.1 Å². The first-order valence-corrected chi connectivity index (χ1v) is 9.12. The van der Waals surface area contributed by atoms with E-state index in [1.165, 1.54) is 0 Å². The summed E-state index contributed by atoms with van der Waals surface area (Å²) in [5, 5.41) is 0. The van der Waals surface area contributed by atoms with Crippen molar-refractivity contribution in [2.45, 2.75) is 32.2 Å². The van der Waals surface area contributed by atoms with Crippen LogP contribution in [0.5, 0.6) is 0 Å². The lowest BCUT2D eigenvalue weighted by molar-refractivity contribution is -0.169. The molecule has 6 nitrogen and oxygen atoms in total. The Labute approximate surface area is 105 Å². The zero-order chi connectivity index (χ0) is 13.6. The summed E-state index contributed by atoms with van der Waals surface area (Å²) in [6.07, 6.45) is -0.201. The summed E-state index contributed by atoms with van der Waals surface area (Å²) in [5.41, 5.74) is 4.17. The second-order valence-electron chi connectivity index (χ2n) is 3.85. The summed E-state index contributed by atoms with van der Waals surface area (Å²) < 4.78 is 9.32. The maximum absolute atomic E-state index is 11.3. The van der Waals surface area contributed by atoms with Gasteiger partial charge in [-0.3, -0.25) is 4.79 Å². The second-order valence-corrected chi connectivity index (χ2v) is 10.5. The quantitative estimate of drug-likeness (QED) is 0.339. The van der Waals surface area contributed by atoms with E-state index in [-0.39, 0.29) is 13.0 Å². The molecule has 0 radical (unpaired) electrons. The van der Waals surface area contributed by atoms with E-state index in [2.05, 4.69) is 4.74 Å². The van der Waals surface area contributed by atoms with E-state index in [4.69, 9.17) is 21.5 Å². The predicted octanol–water partition coefficient (Wildman–Crippen LogP) is 0.320. The van der Waals surface area contributed by atoms with E-state index in [9.17, 15) is 14.4 Å². The van der Waals surface area contributed by atoms with Gasteiger partial charge in [-0.2, -0.15) is 11.1 Å². The molecule has 98 valence electrons. The van der Waals surface area contributed by atoms with Crippen molar-refractivity contribution in [2.75, 3.05) is 6.61 Å². The summed E-state index contributed by atoms with van der Waals surface area (Å²) >= 11 is 6.07. The van der Waals surface area contributed by atoms with Crippen LogP contribution in [-0.4, -0.2) is 37.6 Å². The van der Waals surface area contributed by atoms with E-state index in [1.807, 2.05) is 0 Å². The molecule has 0 saturated heterocycles. The highest BCUT2D eigenvalue weighted by Gasteiger charge is 2.36. The molecule has 2 N–H and O–H groups in total. The van der Waals surface area contributed by atoms with Crippen molar-refractivity contribution in [3.8, 4) is 0 Å². The van der Waals surface area contributed by atoms with Crippen LogP contribution in [0.15, 0.2) is 0 Å². The smallest absolute Gasteiger partial charge is 0.417 e. The number of ether oxygens (including phenoxy) is 2. The highest BCUT2D eigenvalue weighted by molar-refractivity contribution is 7.19. The van der Waals surface area contributed by atoms with Gasteiger partial charge in [0.15, 0.2) is 7.38 Å². The zero-order valence-corrected chi connectivity index (χ0v) is 11.7. The van der Waals surface area contributed by atoms with Gasteiger partial charge in [-0.25, -0.2) is 9.59 Å². The summed E-state index contributed by atoms with van der Waals surface area (Å²) in [6, 6.07) is 0. The number of carbonyl (C=O) groups is 3. The minimum atomic E-state index is -2.46. The molecule has 0 aliphatic heterocycles. The lowest BCUT2D eigenvalue weighted by Crippen LogP contribution is -2.43. The van der Waals surface area contributed by atoms with E-state index in [1.54, 1.807) is 20.0 Å². The van der Waals surface area contributed by atoms with Gasteiger partial charge in [-0.05, 0) is 6.92 Å². The van der Waals surface area contributed by atoms with Crippen molar-refractivity contribution in [1.82, 2.24) is 0 Å². The Morgan fingerprint density at radius 2 is 1.82 bits per heavy atom. The number of carbonyl (C=O) groups excluding carboxylic acids is 3. The number of esters is 2. The topological polar surface area (TPSA) is 95.7 Å². The fourth-order valence-electron chi connectivity index (χ4n) is 0.975. The van der Waals surface area contributed by atoms with Crippen molar-refractivity contribution in [3.63, 3.8) is 0 Å². The number of rotatable bonds is 5. The fraction of sp³-hybridized carbons (Fsp3) is 0.667. The third-order valence-electron chi connectivity index (χ3n) is 1.84. The highest BCUT2D eigenvalue weighted by atomic mass is 35.6. The monoisotopic (exact) mass is 281 g/mol. The third kappa shape index (κ3) is 6.27. The molecule has 17 heavy (non-hydrogen) atoms. The second kappa shape index (κ2) is 6.60. The van der Waals surface area contributed by atoms with Crippen LogP contribution in [0, 0.1) is 0 Å². The molecule has 1 unspecified atom stereocenters. The average molecular weight is 282 g/mol. The molecule has 0 fully saturated rings. The number of primary amides is 1. The summed E-state index contributed by atoms with van der Waals surface area (Å²) in [7, 11) is -2.46. The van der Waals surface area contributed by atoms with Gasteiger partial charge in [0.2, 0.25) is 5.91 Å². The van der Waals surface area contributed by atoms with Crippen LogP contribution in [0.3, 0.4) is 0 Å². The molecule has 0 aliphatic rings.